The van der Waals surface area contributed by atoms with Crippen molar-refractivity contribution in [2.75, 3.05) is 0 Å². The molecule has 4 heteroatoms. The summed E-state index contributed by atoms with van der Waals surface area (Å²) < 4.78 is 10.9. The zero-order valence-corrected chi connectivity index (χ0v) is 16.5. The molecule has 0 radical (unpaired) electrons. The van der Waals surface area contributed by atoms with Gasteiger partial charge < -0.3 is 9.47 Å². The molecule has 0 aliphatic heterocycles. The highest BCUT2D eigenvalue weighted by Crippen LogP contribution is 2.13. The van der Waals surface area contributed by atoms with Crippen molar-refractivity contribution in [1.29, 1.82) is 0 Å². The molecule has 2 atom stereocenters. The van der Waals surface area contributed by atoms with Gasteiger partial charge in [-0.3, -0.25) is 0 Å². The Morgan fingerprint density at radius 3 is 1.33 bits per heavy atom. The molecule has 2 aromatic rings. The molecule has 0 bridgehead atoms. The van der Waals surface area contributed by atoms with Gasteiger partial charge in [-0.1, -0.05) is 38.1 Å². The molecule has 0 amide bonds. The van der Waals surface area contributed by atoms with E-state index in [0.717, 1.165) is 12.8 Å². The number of carbonyl (C=O) groups is 2. The number of ether oxygens (including phenoxy) is 2. The van der Waals surface area contributed by atoms with Gasteiger partial charge in [0.15, 0.2) is 0 Å². The Balaban J connectivity index is 1.83. The average Bonchev–Trinajstić information content (AvgIpc) is 2.67. The number of hydrogen-bond acceptors (Lipinski definition) is 4. The maximum atomic E-state index is 12.2. The number of benzene rings is 2. The fourth-order valence-corrected chi connectivity index (χ4v) is 2.82. The molecule has 0 saturated heterocycles. The first-order valence-corrected chi connectivity index (χ1v) is 9.52. The number of hydrogen-bond donors (Lipinski definition) is 0. The molecular formula is C23H28O4. The van der Waals surface area contributed by atoms with E-state index in [9.17, 15) is 9.59 Å². The number of carbonyl (C=O) groups excluding carboxylic acids is 2. The molecule has 0 heterocycles. The van der Waals surface area contributed by atoms with Gasteiger partial charge in [-0.2, -0.15) is 0 Å². The van der Waals surface area contributed by atoms with Crippen molar-refractivity contribution in [3.05, 3.63) is 70.8 Å². The van der Waals surface area contributed by atoms with Crippen molar-refractivity contribution in [2.45, 2.75) is 59.2 Å². The zero-order chi connectivity index (χ0) is 19.8. The quantitative estimate of drug-likeness (QED) is 0.616. The molecule has 4 nitrogen and oxygen atoms in total. The second-order valence-electron chi connectivity index (χ2n) is 6.77. The smallest absolute Gasteiger partial charge is 0.338 e. The molecule has 144 valence electrons. The summed E-state index contributed by atoms with van der Waals surface area (Å²) in [6, 6.07) is 14.8. The topological polar surface area (TPSA) is 52.6 Å². The summed E-state index contributed by atoms with van der Waals surface area (Å²) in [5.74, 6) is -0.724. The van der Waals surface area contributed by atoms with Gasteiger partial charge in [-0.05, 0) is 62.1 Å². The van der Waals surface area contributed by atoms with Crippen molar-refractivity contribution in [3.8, 4) is 0 Å². The zero-order valence-electron chi connectivity index (χ0n) is 16.5. The lowest BCUT2D eigenvalue weighted by Gasteiger charge is -2.18. The molecule has 0 aromatic heterocycles. The van der Waals surface area contributed by atoms with E-state index >= 15 is 0 Å². The normalized spacial score (nSPS) is 12.9. The molecule has 0 unspecified atom stereocenters. The summed E-state index contributed by atoms with van der Waals surface area (Å²) in [7, 11) is 0. The number of rotatable bonds is 8. The Morgan fingerprint density at radius 2 is 1.04 bits per heavy atom. The van der Waals surface area contributed by atoms with E-state index in [1.54, 1.807) is 38.1 Å². The third-order valence-corrected chi connectivity index (χ3v) is 4.48. The highest BCUT2D eigenvalue weighted by molar-refractivity contribution is 5.90. The molecular weight excluding hydrogens is 340 g/mol. The summed E-state index contributed by atoms with van der Waals surface area (Å²) in [6.45, 7) is 7.74. The van der Waals surface area contributed by atoms with Crippen LogP contribution in [0.3, 0.4) is 0 Å². The molecule has 27 heavy (non-hydrogen) atoms. The van der Waals surface area contributed by atoms with Gasteiger partial charge >= 0.3 is 11.9 Å². The van der Waals surface area contributed by atoms with Crippen molar-refractivity contribution >= 4 is 11.9 Å². The van der Waals surface area contributed by atoms with Crippen LogP contribution in [-0.4, -0.2) is 24.1 Å². The Bertz CT molecular complexity index is 681. The lowest BCUT2D eigenvalue weighted by Crippen LogP contribution is -2.23. The van der Waals surface area contributed by atoms with E-state index in [1.165, 1.54) is 11.1 Å². The summed E-state index contributed by atoms with van der Waals surface area (Å²) in [5.41, 5.74) is 3.40. The van der Waals surface area contributed by atoms with Crippen LogP contribution >= 0.6 is 0 Å². The van der Waals surface area contributed by atoms with Crippen LogP contribution in [-0.2, 0) is 22.3 Å². The molecule has 0 N–H and O–H groups in total. The summed E-state index contributed by atoms with van der Waals surface area (Å²) in [5, 5.41) is 0. The van der Waals surface area contributed by atoms with Crippen molar-refractivity contribution in [1.82, 2.24) is 0 Å². The van der Waals surface area contributed by atoms with Crippen molar-refractivity contribution in [2.24, 2.45) is 0 Å². The molecule has 0 spiro atoms. The predicted molar refractivity (Wildman–Crippen MR) is 106 cm³/mol. The van der Waals surface area contributed by atoms with Gasteiger partial charge in [0.25, 0.3) is 0 Å². The number of aryl methyl sites for hydroxylation is 2. The average molecular weight is 368 g/mol. The maximum Gasteiger partial charge on any atom is 0.338 e. The molecule has 0 fully saturated rings. The summed E-state index contributed by atoms with van der Waals surface area (Å²) >= 11 is 0. The van der Waals surface area contributed by atoms with Crippen LogP contribution < -0.4 is 0 Å². The minimum absolute atomic E-state index is 0.353. The Hall–Kier alpha value is -2.62. The van der Waals surface area contributed by atoms with E-state index in [0.29, 0.717) is 17.5 Å². The minimum Gasteiger partial charge on any atom is -0.459 e. The van der Waals surface area contributed by atoms with Crippen LogP contribution in [0.2, 0.25) is 0 Å². The first-order valence-electron chi connectivity index (χ1n) is 9.52. The first-order chi connectivity index (χ1) is 12.9. The minimum atomic E-state index is -0.362. The standard InChI is InChI=1S/C23H28O4/c1-5-18-7-11-20(12-8-18)22(24)26-16(3)15-17(4)27-23(25)21-13-9-19(6-2)10-14-21/h7-14,16-17H,5-6,15H2,1-4H3/t16-,17+. The first kappa shape index (κ1) is 20.7. The van der Waals surface area contributed by atoms with E-state index in [4.69, 9.17) is 9.47 Å². The Morgan fingerprint density at radius 1 is 0.704 bits per heavy atom. The Labute approximate surface area is 161 Å². The predicted octanol–water partition coefficient (Wildman–Crippen LogP) is 4.99. The highest BCUT2D eigenvalue weighted by Gasteiger charge is 2.18. The fourth-order valence-electron chi connectivity index (χ4n) is 2.82. The van der Waals surface area contributed by atoms with E-state index < -0.39 is 0 Å². The van der Waals surface area contributed by atoms with Gasteiger partial charge in [-0.15, -0.1) is 0 Å². The van der Waals surface area contributed by atoms with Crippen LogP contribution in [0.5, 0.6) is 0 Å². The molecule has 2 rings (SSSR count). The molecule has 0 saturated carbocycles. The number of esters is 2. The highest BCUT2D eigenvalue weighted by atomic mass is 16.6. The second kappa shape index (κ2) is 9.91. The lowest BCUT2D eigenvalue weighted by molar-refractivity contribution is 0.00764. The van der Waals surface area contributed by atoms with Crippen LogP contribution in [0.15, 0.2) is 48.5 Å². The van der Waals surface area contributed by atoms with Gasteiger partial charge in [-0.25, -0.2) is 9.59 Å². The third kappa shape index (κ3) is 6.24. The van der Waals surface area contributed by atoms with Crippen molar-refractivity contribution in [3.63, 3.8) is 0 Å². The lowest BCUT2D eigenvalue weighted by atomic mass is 10.1. The van der Waals surface area contributed by atoms with Gasteiger partial charge in [0.05, 0.1) is 11.1 Å². The van der Waals surface area contributed by atoms with E-state index in [2.05, 4.69) is 13.8 Å². The van der Waals surface area contributed by atoms with E-state index in [1.807, 2.05) is 24.3 Å². The van der Waals surface area contributed by atoms with Crippen LogP contribution in [0.25, 0.3) is 0 Å². The molecule has 0 aliphatic carbocycles. The Kier molecular flexibility index (Phi) is 7.59. The van der Waals surface area contributed by atoms with Gasteiger partial charge in [0.2, 0.25) is 0 Å². The van der Waals surface area contributed by atoms with Gasteiger partial charge in [0.1, 0.15) is 12.2 Å². The van der Waals surface area contributed by atoms with Crippen LogP contribution in [0, 0.1) is 0 Å². The summed E-state index contributed by atoms with van der Waals surface area (Å²) in [4.78, 5) is 24.4. The van der Waals surface area contributed by atoms with Crippen LogP contribution in [0.4, 0.5) is 0 Å². The fraction of sp³-hybridized carbons (Fsp3) is 0.391. The summed E-state index contributed by atoms with van der Waals surface area (Å²) in [6.07, 6.45) is 1.59. The van der Waals surface area contributed by atoms with E-state index in [-0.39, 0.29) is 24.1 Å². The molecule has 0 aliphatic rings. The molecule has 2 aromatic carbocycles. The second-order valence-corrected chi connectivity index (χ2v) is 6.77. The maximum absolute atomic E-state index is 12.2. The third-order valence-electron chi connectivity index (χ3n) is 4.48. The largest absolute Gasteiger partial charge is 0.459 e. The monoisotopic (exact) mass is 368 g/mol. The SMILES string of the molecule is CCc1ccc(C(=O)O[C@H](C)C[C@H](C)OC(=O)c2ccc(CC)cc2)cc1. The van der Waals surface area contributed by atoms with Gasteiger partial charge in [0, 0.05) is 6.42 Å². The van der Waals surface area contributed by atoms with Crippen molar-refractivity contribution < 1.29 is 19.1 Å². The van der Waals surface area contributed by atoms with Crippen LogP contribution in [0.1, 0.15) is 66.0 Å².